The van der Waals surface area contributed by atoms with E-state index in [2.05, 4.69) is 54.7 Å². The Kier molecular flexibility index (Phi) is 9.27. The van der Waals surface area contributed by atoms with Crippen molar-refractivity contribution in [2.75, 3.05) is 12.8 Å². The average molecular weight is 379 g/mol. The third-order valence-corrected chi connectivity index (χ3v) is 3.03. The highest BCUT2D eigenvalue weighted by atomic mass is 127. The van der Waals surface area contributed by atoms with Crippen LogP contribution in [0.5, 0.6) is 0 Å². The van der Waals surface area contributed by atoms with E-state index in [1.165, 1.54) is 10.5 Å². The molecule has 18 heavy (non-hydrogen) atoms. The second-order valence-electron chi connectivity index (χ2n) is 4.32. The number of halogens is 1. The maximum Gasteiger partial charge on any atom is 0.188 e. The highest BCUT2D eigenvalue weighted by Crippen LogP contribution is 2.15. The van der Waals surface area contributed by atoms with Crippen molar-refractivity contribution >= 4 is 41.7 Å². The van der Waals surface area contributed by atoms with Crippen LogP contribution in [0.15, 0.2) is 34.2 Å². The lowest BCUT2D eigenvalue weighted by molar-refractivity contribution is 0.622. The third kappa shape index (κ3) is 7.10. The lowest BCUT2D eigenvalue weighted by Crippen LogP contribution is -2.34. The normalized spacial score (nSPS) is 11.2. The van der Waals surface area contributed by atoms with E-state index in [0.29, 0.717) is 18.4 Å². The number of nitrogens with one attached hydrogen (secondary N) is 1. The molecule has 0 saturated carbocycles. The third-order valence-electron chi connectivity index (χ3n) is 2.28. The molecular weight excluding hydrogens is 357 g/mol. The van der Waals surface area contributed by atoms with Crippen molar-refractivity contribution in [3.8, 4) is 0 Å². The highest BCUT2D eigenvalue weighted by molar-refractivity contribution is 14.0. The molecule has 1 aromatic rings. The van der Waals surface area contributed by atoms with Crippen LogP contribution in [0.2, 0.25) is 0 Å². The predicted octanol–water partition coefficient (Wildman–Crippen LogP) is 3.09. The molecule has 0 saturated heterocycles. The Morgan fingerprint density at radius 2 is 1.94 bits per heavy atom. The molecule has 0 unspecified atom stereocenters. The van der Waals surface area contributed by atoms with Crippen molar-refractivity contribution in [3.63, 3.8) is 0 Å². The number of benzene rings is 1. The number of hydrogen-bond donors (Lipinski definition) is 2. The highest BCUT2D eigenvalue weighted by Gasteiger charge is 1.96. The fourth-order valence-electron chi connectivity index (χ4n) is 1.27. The molecule has 0 radical (unpaired) electrons. The molecule has 1 aromatic carbocycles. The molecule has 3 nitrogen and oxygen atoms in total. The van der Waals surface area contributed by atoms with Gasteiger partial charge in [0.05, 0.1) is 6.54 Å². The molecule has 102 valence electrons. The Hall–Kier alpha value is -0.430. The molecule has 0 aliphatic carbocycles. The minimum Gasteiger partial charge on any atom is -0.370 e. The van der Waals surface area contributed by atoms with Crippen LogP contribution >= 0.6 is 35.7 Å². The summed E-state index contributed by atoms with van der Waals surface area (Å²) in [5.74, 6) is 1.09. The summed E-state index contributed by atoms with van der Waals surface area (Å²) < 4.78 is 0. The first-order valence-corrected chi connectivity index (χ1v) is 7.01. The van der Waals surface area contributed by atoms with Gasteiger partial charge in [-0.15, -0.1) is 35.7 Å². The number of guanidine groups is 1. The molecule has 1 rings (SSSR count). The van der Waals surface area contributed by atoms with E-state index < -0.39 is 0 Å². The van der Waals surface area contributed by atoms with E-state index in [9.17, 15) is 0 Å². The van der Waals surface area contributed by atoms with Gasteiger partial charge in [-0.3, -0.25) is 0 Å². The van der Waals surface area contributed by atoms with Crippen molar-refractivity contribution in [3.05, 3.63) is 29.8 Å². The van der Waals surface area contributed by atoms with Gasteiger partial charge in [-0.1, -0.05) is 26.0 Å². The summed E-state index contributed by atoms with van der Waals surface area (Å²) in [7, 11) is 0. The van der Waals surface area contributed by atoms with Gasteiger partial charge < -0.3 is 11.1 Å². The molecule has 0 aromatic heterocycles. The summed E-state index contributed by atoms with van der Waals surface area (Å²) >= 11 is 1.74. The number of hydrogen-bond acceptors (Lipinski definition) is 2. The molecule has 0 heterocycles. The van der Waals surface area contributed by atoms with E-state index in [1.54, 1.807) is 11.8 Å². The maximum atomic E-state index is 5.76. The van der Waals surface area contributed by atoms with Crippen molar-refractivity contribution < 1.29 is 0 Å². The Bertz CT molecular complexity index is 363. The average Bonchev–Trinajstić information content (AvgIpc) is 2.34. The summed E-state index contributed by atoms with van der Waals surface area (Å²) in [4.78, 5) is 5.57. The first-order valence-electron chi connectivity index (χ1n) is 5.78. The first-order chi connectivity index (χ1) is 8.11. The Balaban J connectivity index is 0.00000289. The quantitative estimate of drug-likeness (QED) is 0.358. The molecule has 0 fully saturated rings. The topological polar surface area (TPSA) is 50.4 Å². The number of thioether (sulfide) groups is 1. The van der Waals surface area contributed by atoms with E-state index in [-0.39, 0.29) is 24.0 Å². The molecule has 0 amide bonds. The SMILES string of the molecule is CSc1ccc(CN=C(N)NCC(C)C)cc1.I. The Morgan fingerprint density at radius 3 is 2.44 bits per heavy atom. The molecule has 0 bridgehead atoms. The zero-order valence-corrected chi connectivity index (χ0v) is 14.3. The predicted molar refractivity (Wildman–Crippen MR) is 91.8 cm³/mol. The second kappa shape index (κ2) is 9.49. The summed E-state index contributed by atoms with van der Waals surface area (Å²) in [6.07, 6.45) is 2.07. The van der Waals surface area contributed by atoms with E-state index >= 15 is 0 Å². The lowest BCUT2D eigenvalue weighted by Gasteiger charge is -2.07. The van der Waals surface area contributed by atoms with Gasteiger partial charge in [0.2, 0.25) is 0 Å². The summed E-state index contributed by atoms with van der Waals surface area (Å²) in [5, 5.41) is 3.10. The number of nitrogens with zero attached hydrogens (tertiary/aromatic N) is 1. The molecule has 0 aliphatic heterocycles. The van der Waals surface area contributed by atoms with Gasteiger partial charge in [0.25, 0.3) is 0 Å². The fraction of sp³-hybridized carbons (Fsp3) is 0.462. The smallest absolute Gasteiger partial charge is 0.188 e. The van der Waals surface area contributed by atoms with Gasteiger partial charge >= 0.3 is 0 Å². The molecule has 0 aliphatic rings. The van der Waals surface area contributed by atoms with Gasteiger partial charge in [-0.25, -0.2) is 4.99 Å². The van der Waals surface area contributed by atoms with Crippen LogP contribution in [0, 0.1) is 5.92 Å². The van der Waals surface area contributed by atoms with Crippen molar-refractivity contribution in [1.82, 2.24) is 5.32 Å². The lowest BCUT2D eigenvalue weighted by atomic mass is 10.2. The fourth-order valence-corrected chi connectivity index (χ4v) is 1.68. The van der Waals surface area contributed by atoms with E-state index in [0.717, 1.165) is 6.54 Å². The second-order valence-corrected chi connectivity index (χ2v) is 5.20. The van der Waals surface area contributed by atoms with Gasteiger partial charge in [0, 0.05) is 11.4 Å². The van der Waals surface area contributed by atoms with Crippen LogP contribution in [0.1, 0.15) is 19.4 Å². The van der Waals surface area contributed by atoms with Crippen molar-refractivity contribution in [2.24, 2.45) is 16.6 Å². The van der Waals surface area contributed by atoms with Gasteiger partial charge in [0.15, 0.2) is 5.96 Å². The maximum absolute atomic E-state index is 5.76. The first kappa shape index (κ1) is 17.6. The number of aliphatic imine (C=N–C) groups is 1. The van der Waals surface area contributed by atoms with Crippen LogP contribution < -0.4 is 11.1 Å². The zero-order chi connectivity index (χ0) is 12.7. The monoisotopic (exact) mass is 379 g/mol. The Labute approximate surface area is 131 Å². The van der Waals surface area contributed by atoms with Gasteiger partial charge in [-0.2, -0.15) is 0 Å². The molecule has 0 atom stereocenters. The summed E-state index contributed by atoms with van der Waals surface area (Å²) in [6.45, 7) is 5.77. The van der Waals surface area contributed by atoms with Crippen molar-refractivity contribution in [2.45, 2.75) is 25.3 Å². The Morgan fingerprint density at radius 1 is 1.33 bits per heavy atom. The van der Waals surface area contributed by atoms with Crippen LogP contribution in [-0.4, -0.2) is 18.8 Å². The van der Waals surface area contributed by atoms with Gasteiger partial charge in [0.1, 0.15) is 0 Å². The number of rotatable bonds is 5. The summed E-state index contributed by atoms with van der Waals surface area (Å²) in [6, 6.07) is 8.39. The standard InChI is InChI=1S/C13H21N3S.HI/c1-10(2)8-15-13(14)16-9-11-4-6-12(17-3)7-5-11;/h4-7,10H,8-9H2,1-3H3,(H3,14,15,16);1H. The van der Waals surface area contributed by atoms with Gasteiger partial charge in [-0.05, 0) is 29.9 Å². The van der Waals surface area contributed by atoms with Crippen molar-refractivity contribution in [1.29, 1.82) is 0 Å². The molecule has 5 heteroatoms. The largest absolute Gasteiger partial charge is 0.370 e. The minimum absolute atomic E-state index is 0. The molecule has 3 N–H and O–H groups in total. The van der Waals surface area contributed by atoms with Crippen LogP contribution in [0.3, 0.4) is 0 Å². The zero-order valence-electron chi connectivity index (χ0n) is 11.1. The minimum atomic E-state index is 0. The molecule has 0 spiro atoms. The molecular formula is C13H22IN3S. The summed E-state index contributed by atoms with van der Waals surface area (Å²) in [5.41, 5.74) is 6.94. The van der Waals surface area contributed by atoms with E-state index in [1.807, 2.05) is 0 Å². The van der Waals surface area contributed by atoms with Crippen LogP contribution in [0.25, 0.3) is 0 Å². The van der Waals surface area contributed by atoms with Crippen LogP contribution in [0.4, 0.5) is 0 Å². The number of nitrogens with two attached hydrogens (primary N) is 1. The van der Waals surface area contributed by atoms with E-state index in [4.69, 9.17) is 5.73 Å². The van der Waals surface area contributed by atoms with Crippen LogP contribution in [-0.2, 0) is 6.54 Å².